The molecule has 1 heterocycles. The normalized spacial score (nSPS) is 20.2. The largest absolute Gasteiger partial charge is 0.460 e. The van der Waals surface area contributed by atoms with Crippen LogP contribution < -0.4 is 10.7 Å². The van der Waals surface area contributed by atoms with Crippen LogP contribution in [0, 0.1) is 0 Å². The van der Waals surface area contributed by atoms with Gasteiger partial charge in [0.25, 0.3) is 5.91 Å². The standard InChI is InChI=1S/C15H24Cl3N3O5/c1-3-5-11(22)12(23)19-9(2)13(24)21-7-4-6-10(20-21)14(25)26-8-15(16,17)18/h9-11,20,22H,3-8H2,1-2H3,(H,19,23). The van der Waals surface area contributed by atoms with E-state index in [2.05, 4.69) is 10.7 Å². The molecule has 0 aromatic rings. The number of nitrogens with one attached hydrogen (secondary N) is 2. The van der Waals surface area contributed by atoms with E-state index in [1.165, 1.54) is 11.9 Å². The van der Waals surface area contributed by atoms with Gasteiger partial charge in [-0.2, -0.15) is 0 Å². The monoisotopic (exact) mass is 431 g/mol. The van der Waals surface area contributed by atoms with Gasteiger partial charge in [-0.3, -0.25) is 19.4 Å². The number of carbonyl (C=O) groups is 3. The van der Waals surface area contributed by atoms with Gasteiger partial charge in [-0.25, -0.2) is 5.43 Å². The van der Waals surface area contributed by atoms with Crippen LogP contribution in [-0.2, 0) is 19.1 Å². The van der Waals surface area contributed by atoms with Gasteiger partial charge in [-0.1, -0.05) is 48.1 Å². The molecule has 3 unspecified atom stereocenters. The third-order valence-corrected chi connectivity index (χ3v) is 4.04. The average molecular weight is 433 g/mol. The van der Waals surface area contributed by atoms with Crippen molar-refractivity contribution >= 4 is 52.6 Å². The van der Waals surface area contributed by atoms with Crippen molar-refractivity contribution < 1.29 is 24.2 Å². The first-order valence-electron chi connectivity index (χ1n) is 8.34. The molecule has 2 amide bonds. The molecule has 3 N–H and O–H groups in total. The zero-order valence-electron chi connectivity index (χ0n) is 14.6. The number of nitrogens with zero attached hydrogens (tertiary/aromatic N) is 1. The Kier molecular flexibility index (Phi) is 9.40. The van der Waals surface area contributed by atoms with Gasteiger partial charge < -0.3 is 15.2 Å². The lowest BCUT2D eigenvalue weighted by molar-refractivity contribution is -0.153. The maximum atomic E-state index is 12.5. The molecular weight excluding hydrogens is 409 g/mol. The first-order chi connectivity index (χ1) is 12.0. The van der Waals surface area contributed by atoms with E-state index in [0.717, 1.165) is 0 Å². The minimum Gasteiger partial charge on any atom is -0.460 e. The summed E-state index contributed by atoms with van der Waals surface area (Å²) in [6.07, 6.45) is 0.812. The summed E-state index contributed by atoms with van der Waals surface area (Å²) in [7, 11) is 0. The van der Waals surface area contributed by atoms with Crippen molar-refractivity contribution in [2.24, 2.45) is 0 Å². The fourth-order valence-corrected chi connectivity index (χ4v) is 2.54. The Morgan fingerprint density at radius 3 is 2.62 bits per heavy atom. The Morgan fingerprint density at radius 1 is 1.38 bits per heavy atom. The molecule has 0 aliphatic carbocycles. The number of rotatable bonds is 7. The predicted molar refractivity (Wildman–Crippen MR) is 97.6 cm³/mol. The van der Waals surface area contributed by atoms with E-state index in [4.69, 9.17) is 39.5 Å². The number of aliphatic hydroxyl groups is 1. The van der Waals surface area contributed by atoms with Crippen molar-refractivity contribution in [2.45, 2.75) is 61.5 Å². The highest BCUT2D eigenvalue weighted by molar-refractivity contribution is 6.67. The van der Waals surface area contributed by atoms with Crippen LogP contribution in [0.5, 0.6) is 0 Å². The second-order valence-corrected chi connectivity index (χ2v) is 8.59. The van der Waals surface area contributed by atoms with Crippen LogP contribution in [0.4, 0.5) is 0 Å². The molecule has 1 saturated heterocycles. The van der Waals surface area contributed by atoms with Crippen LogP contribution in [0.1, 0.15) is 39.5 Å². The number of hydrogen-bond acceptors (Lipinski definition) is 6. The van der Waals surface area contributed by atoms with E-state index < -0.39 is 46.4 Å². The molecule has 150 valence electrons. The second-order valence-electron chi connectivity index (χ2n) is 6.07. The molecule has 1 fully saturated rings. The van der Waals surface area contributed by atoms with Crippen LogP contribution >= 0.6 is 34.8 Å². The molecule has 3 atom stereocenters. The van der Waals surface area contributed by atoms with Crippen LogP contribution in [0.25, 0.3) is 0 Å². The molecule has 0 spiro atoms. The summed E-state index contributed by atoms with van der Waals surface area (Å²) in [5, 5.41) is 13.4. The molecule has 0 radical (unpaired) electrons. The van der Waals surface area contributed by atoms with E-state index >= 15 is 0 Å². The fourth-order valence-electron chi connectivity index (χ4n) is 2.38. The number of hydrazine groups is 1. The molecule has 0 saturated carbocycles. The van der Waals surface area contributed by atoms with Gasteiger partial charge in [-0.15, -0.1) is 0 Å². The maximum absolute atomic E-state index is 12.5. The highest BCUT2D eigenvalue weighted by Gasteiger charge is 2.33. The first-order valence-corrected chi connectivity index (χ1v) is 9.48. The number of amides is 2. The number of aliphatic hydroxyl groups excluding tert-OH is 1. The number of carbonyl (C=O) groups excluding carboxylic acids is 3. The van der Waals surface area contributed by atoms with Crippen molar-refractivity contribution in [3.8, 4) is 0 Å². The highest BCUT2D eigenvalue weighted by Crippen LogP contribution is 2.26. The van der Waals surface area contributed by atoms with E-state index in [0.29, 0.717) is 32.2 Å². The zero-order valence-corrected chi connectivity index (χ0v) is 16.9. The van der Waals surface area contributed by atoms with Crippen LogP contribution in [0.15, 0.2) is 0 Å². The highest BCUT2D eigenvalue weighted by atomic mass is 35.6. The first kappa shape index (κ1) is 23.2. The molecule has 0 bridgehead atoms. The summed E-state index contributed by atoms with van der Waals surface area (Å²) < 4.78 is 3.21. The lowest BCUT2D eigenvalue weighted by atomic mass is 10.1. The van der Waals surface area contributed by atoms with Crippen molar-refractivity contribution in [1.29, 1.82) is 0 Å². The number of esters is 1. The summed E-state index contributed by atoms with van der Waals surface area (Å²) in [5.41, 5.74) is 2.76. The molecule has 11 heteroatoms. The Labute approximate surface area is 167 Å². The molecule has 8 nitrogen and oxygen atoms in total. The van der Waals surface area contributed by atoms with Gasteiger partial charge in [0.2, 0.25) is 9.70 Å². The SMILES string of the molecule is CCCC(O)C(=O)NC(C)C(=O)N1CCCC(C(=O)OCC(Cl)(Cl)Cl)N1. The van der Waals surface area contributed by atoms with Gasteiger partial charge in [0.15, 0.2) is 0 Å². The van der Waals surface area contributed by atoms with Crippen LogP contribution in [0.3, 0.4) is 0 Å². The zero-order chi connectivity index (χ0) is 19.9. The van der Waals surface area contributed by atoms with Gasteiger partial charge in [0.1, 0.15) is 24.8 Å². The van der Waals surface area contributed by atoms with Crippen molar-refractivity contribution in [2.75, 3.05) is 13.2 Å². The third-order valence-electron chi connectivity index (χ3n) is 3.71. The number of halogens is 3. The van der Waals surface area contributed by atoms with Crippen molar-refractivity contribution in [3.63, 3.8) is 0 Å². The lowest BCUT2D eigenvalue weighted by Crippen LogP contribution is -2.60. The minimum atomic E-state index is -1.71. The molecule has 1 aliphatic rings. The summed E-state index contributed by atoms with van der Waals surface area (Å²) in [4.78, 5) is 36.3. The maximum Gasteiger partial charge on any atom is 0.325 e. The molecule has 1 aliphatic heterocycles. The van der Waals surface area contributed by atoms with Gasteiger partial charge in [0.05, 0.1) is 0 Å². The molecule has 0 aromatic carbocycles. The van der Waals surface area contributed by atoms with Gasteiger partial charge in [-0.05, 0) is 26.2 Å². The predicted octanol–water partition coefficient (Wildman–Crippen LogP) is 1.06. The van der Waals surface area contributed by atoms with E-state index in [9.17, 15) is 19.5 Å². The van der Waals surface area contributed by atoms with Crippen molar-refractivity contribution in [3.05, 3.63) is 0 Å². The number of hydrogen-bond donors (Lipinski definition) is 3. The van der Waals surface area contributed by atoms with Crippen LogP contribution in [0.2, 0.25) is 0 Å². The molecule has 26 heavy (non-hydrogen) atoms. The molecular formula is C15H24Cl3N3O5. The summed E-state index contributed by atoms with van der Waals surface area (Å²) in [6.45, 7) is 3.31. The Balaban J connectivity index is 2.55. The quantitative estimate of drug-likeness (QED) is 0.410. The smallest absolute Gasteiger partial charge is 0.325 e. The van der Waals surface area contributed by atoms with E-state index in [1.807, 2.05) is 6.92 Å². The summed E-state index contributed by atoms with van der Waals surface area (Å²) >= 11 is 16.6. The van der Waals surface area contributed by atoms with Crippen LogP contribution in [-0.4, -0.2) is 63.0 Å². The summed E-state index contributed by atoms with van der Waals surface area (Å²) in [6, 6.07) is -1.62. The van der Waals surface area contributed by atoms with Gasteiger partial charge >= 0.3 is 5.97 Å². The topological polar surface area (TPSA) is 108 Å². The number of ether oxygens (including phenoxy) is 1. The molecule has 1 rings (SSSR count). The third kappa shape index (κ3) is 7.84. The molecule has 0 aromatic heterocycles. The number of alkyl halides is 3. The minimum absolute atomic E-state index is 0.311. The van der Waals surface area contributed by atoms with Crippen molar-refractivity contribution in [1.82, 2.24) is 15.8 Å². The summed E-state index contributed by atoms with van der Waals surface area (Å²) in [5.74, 6) is -1.67. The average Bonchev–Trinajstić information content (AvgIpc) is 2.58. The van der Waals surface area contributed by atoms with E-state index in [1.54, 1.807) is 0 Å². The Bertz CT molecular complexity index is 515. The second kappa shape index (κ2) is 10.5. The Hall–Kier alpha value is -0.800. The van der Waals surface area contributed by atoms with E-state index in [-0.39, 0.29) is 0 Å². The Morgan fingerprint density at radius 2 is 2.04 bits per heavy atom. The lowest BCUT2D eigenvalue weighted by Gasteiger charge is -2.34. The van der Waals surface area contributed by atoms with Gasteiger partial charge in [0, 0.05) is 6.54 Å². The fraction of sp³-hybridized carbons (Fsp3) is 0.800.